The standard InChI is InChI=1S/C20H13ClN4O/c21-17-8-2-1-7-16(17)14-5-3-6-15(11-14)25-12-18(24-13-25)19(26)20-22-9-4-10-23-20/h1-13H. The molecular weight excluding hydrogens is 348 g/mol. The Morgan fingerprint density at radius 3 is 2.54 bits per heavy atom. The van der Waals surface area contributed by atoms with Crippen molar-refractivity contribution < 1.29 is 4.79 Å². The molecule has 2 aromatic heterocycles. The molecule has 0 spiro atoms. The Morgan fingerprint density at radius 1 is 0.923 bits per heavy atom. The van der Waals surface area contributed by atoms with E-state index in [0.29, 0.717) is 10.7 Å². The number of aromatic nitrogens is 4. The Morgan fingerprint density at radius 2 is 1.73 bits per heavy atom. The van der Waals surface area contributed by atoms with E-state index in [1.54, 1.807) is 23.2 Å². The number of ketones is 1. The molecule has 0 radical (unpaired) electrons. The molecule has 2 heterocycles. The van der Waals surface area contributed by atoms with Crippen LogP contribution in [0.15, 0.2) is 79.5 Å². The van der Waals surface area contributed by atoms with Crippen LogP contribution in [-0.2, 0) is 0 Å². The van der Waals surface area contributed by atoms with E-state index in [2.05, 4.69) is 15.0 Å². The van der Waals surface area contributed by atoms with Gasteiger partial charge < -0.3 is 4.57 Å². The first kappa shape index (κ1) is 16.2. The average Bonchev–Trinajstić information content (AvgIpc) is 3.19. The Labute approximate surface area is 155 Å². The van der Waals surface area contributed by atoms with E-state index in [1.807, 2.05) is 48.5 Å². The highest BCUT2D eigenvalue weighted by Gasteiger charge is 2.15. The number of carbonyl (C=O) groups excluding carboxylic acids is 1. The fraction of sp³-hybridized carbons (Fsp3) is 0. The molecule has 6 heteroatoms. The van der Waals surface area contributed by atoms with Crippen LogP contribution in [0.1, 0.15) is 16.3 Å². The molecule has 0 fully saturated rings. The summed E-state index contributed by atoms with van der Waals surface area (Å²) in [5, 5.41) is 0.687. The van der Waals surface area contributed by atoms with Gasteiger partial charge in [0.15, 0.2) is 0 Å². The van der Waals surface area contributed by atoms with Crippen molar-refractivity contribution in [3.8, 4) is 16.8 Å². The van der Waals surface area contributed by atoms with Crippen molar-refractivity contribution in [1.82, 2.24) is 19.5 Å². The predicted molar refractivity (Wildman–Crippen MR) is 99.5 cm³/mol. The maximum atomic E-state index is 12.4. The summed E-state index contributed by atoms with van der Waals surface area (Å²) in [6.45, 7) is 0. The molecule has 0 aliphatic carbocycles. The summed E-state index contributed by atoms with van der Waals surface area (Å²) < 4.78 is 1.79. The van der Waals surface area contributed by atoms with Gasteiger partial charge in [0.1, 0.15) is 12.0 Å². The van der Waals surface area contributed by atoms with Crippen LogP contribution in [0.25, 0.3) is 16.8 Å². The van der Waals surface area contributed by atoms with Gasteiger partial charge in [0.05, 0.1) is 0 Å². The molecule has 0 saturated heterocycles. The summed E-state index contributed by atoms with van der Waals surface area (Å²) >= 11 is 6.29. The van der Waals surface area contributed by atoms with Gasteiger partial charge in [0.2, 0.25) is 11.6 Å². The minimum atomic E-state index is -0.313. The highest BCUT2D eigenvalue weighted by molar-refractivity contribution is 6.33. The largest absolute Gasteiger partial charge is 0.306 e. The predicted octanol–water partition coefficient (Wildman–Crippen LogP) is 4.21. The molecule has 0 amide bonds. The number of benzene rings is 2. The van der Waals surface area contributed by atoms with Gasteiger partial charge in [0.25, 0.3) is 0 Å². The molecule has 0 atom stereocenters. The van der Waals surface area contributed by atoms with Crippen molar-refractivity contribution in [2.24, 2.45) is 0 Å². The zero-order valence-corrected chi connectivity index (χ0v) is 14.3. The summed E-state index contributed by atoms with van der Waals surface area (Å²) in [5.74, 6) is -0.186. The van der Waals surface area contributed by atoms with E-state index in [4.69, 9.17) is 11.6 Å². The number of hydrogen-bond acceptors (Lipinski definition) is 4. The highest BCUT2D eigenvalue weighted by Crippen LogP contribution is 2.28. The van der Waals surface area contributed by atoms with Crippen molar-refractivity contribution in [2.45, 2.75) is 0 Å². The summed E-state index contributed by atoms with van der Waals surface area (Å²) in [4.78, 5) is 24.6. The molecule has 0 aliphatic heterocycles. The van der Waals surface area contributed by atoms with E-state index >= 15 is 0 Å². The molecule has 0 N–H and O–H groups in total. The van der Waals surface area contributed by atoms with Gasteiger partial charge >= 0.3 is 0 Å². The number of halogens is 1. The molecule has 2 aromatic carbocycles. The minimum Gasteiger partial charge on any atom is -0.306 e. The number of hydrogen-bond donors (Lipinski definition) is 0. The van der Waals surface area contributed by atoms with Crippen molar-refractivity contribution >= 4 is 17.4 Å². The van der Waals surface area contributed by atoms with Crippen LogP contribution in [0.5, 0.6) is 0 Å². The fourth-order valence-electron chi connectivity index (χ4n) is 2.64. The van der Waals surface area contributed by atoms with Gasteiger partial charge in [-0.25, -0.2) is 15.0 Å². The van der Waals surface area contributed by atoms with Crippen LogP contribution in [-0.4, -0.2) is 25.3 Å². The van der Waals surface area contributed by atoms with E-state index < -0.39 is 0 Å². The minimum absolute atomic E-state index is 0.127. The van der Waals surface area contributed by atoms with E-state index in [-0.39, 0.29) is 11.6 Å². The third kappa shape index (κ3) is 3.12. The smallest absolute Gasteiger partial charge is 0.250 e. The van der Waals surface area contributed by atoms with Crippen LogP contribution in [0.4, 0.5) is 0 Å². The van der Waals surface area contributed by atoms with Crippen molar-refractivity contribution in [2.75, 3.05) is 0 Å². The average molecular weight is 361 g/mol. The molecule has 0 saturated carbocycles. The third-order valence-corrected chi connectivity index (χ3v) is 4.24. The second-order valence-electron chi connectivity index (χ2n) is 5.60. The van der Waals surface area contributed by atoms with Crippen LogP contribution in [0, 0.1) is 0 Å². The first-order chi connectivity index (χ1) is 12.7. The SMILES string of the molecule is O=C(c1cn(-c2cccc(-c3ccccc3Cl)c2)cn1)c1ncccn1. The van der Waals surface area contributed by atoms with E-state index in [9.17, 15) is 4.79 Å². The molecule has 26 heavy (non-hydrogen) atoms. The highest BCUT2D eigenvalue weighted by atomic mass is 35.5. The van der Waals surface area contributed by atoms with Crippen molar-refractivity contribution in [3.05, 3.63) is 96.1 Å². The first-order valence-electron chi connectivity index (χ1n) is 7.93. The lowest BCUT2D eigenvalue weighted by molar-refractivity contribution is 0.102. The Balaban J connectivity index is 1.67. The monoisotopic (exact) mass is 360 g/mol. The Bertz CT molecular complexity index is 1080. The van der Waals surface area contributed by atoms with Crippen molar-refractivity contribution in [3.63, 3.8) is 0 Å². The van der Waals surface area contributed by atoms with Gasteiger partial charge in [-0.2, -0.15) is 0 Å². The quantitative estimate of drug-likeness (QED) is 0.511. The Hall–Kier alpha value is -3.31. The Kier molecular flexibility index (Phi) is 4.29. The number of carbonyl (C=O) groups is 1. The zero-order chi connectivity index (χ0) is 17.9. The van der Waals surface area contributed by atoms with Gasteiger partial charge in [0, 0.05) is 34.9 Å². The lowest BCUT2D eigenvalue weighted by atomic mass is 10.1. The van der Waals surface area contributed by atoms with Gasteiger partial charge in [-0.1, -0.05) is 41.9 Å². The first-order valence-corrected chi connectivity index (χ1v) is 8.31. The van der Waals surface area contributed by atoms with Crippen LogP contribution >= 0.6 is 11.6 Å². The summed E-state index contributed by atoms with van der Waals surface area (Å²) in [6.07, 6.45) is 6.33. The van der Waals surface area contributed by atoms with Gasteiger partial charge in [-0.3, -0.25) is 4.79 Å². The van der Waals surface area contributed by atoms with Crippen LogP contribution in [0.3, 0.4) is 0 Å². The molecular formula is C20H13ClN4O. The maximum absolute atomic E-state index is 12.4. The van der Waals surface area contributed by atoms with Crippen LogP contribution < -0.4 is 0 Å². The molecule has 4 rings (SSSR count). The van der Waals surface area contributed by atoms with E-state index in [1.165, 1.54) is 12.4 Å². The normalized spacial score (nSPS) is 10.7. The molecule has 5 nitrogen and oxygen atoms in total. The molecule has 4 aromatic rings. The number of imidazole rings is 1. The van der Waals surface area contributed by atoms with Crippen LogP contribution in [0.2, 0.25) is 5.02 Å². The fourth-order valence-corrected chi connectivity index (χ4v) is 2.89. The molecule has 0 bridgehead atoms. The summed E-state index contributed by atoms with van der Waals surface area (Å²) in [5.41, 5.74) is 3.11. The summed E-state index contributed by atoms with van der Waals surface area (Å²) in [6, 6.07) is 17.2. The number of rotatable bonds is 4. The second kappa shape index (κ2) is 6.90. The van der Waals surface area contributed by atoms with Gasteiger partial charge in [-0.05, 0) is 29.8 Å². The lowest BCUT2D eigenvalue weighted by Crippen LogP contribution is -2.06. The number of nitrogens with zero attached hydrogens (tertiary/aromatic N) is 4. The van der Waals surface area contributed by atoms with Crippen molar-refractivity contribution in [1.29, 1.82) is 0 Å². The topological polar surface area (TPSA) is 60.7 Å². The van der Waals surface area contributed by atoms with E-state index in [0.717, 1.165) is 16.8 Å². The lowest BCUT2D eigenvalue weighted by Gasteiger charge is -2.07. The maximum Gasteiger partial charge on any atom is 0.250 e. The summed E-state index contributed by atoms with van der Waals surface area (Å²) in [7, 11) is 0. The molecule has 126 valence electrons. The second-order valence-corrected chi connectivity index (χ2v) is 6.01. The third-order valence-electron chi connectivity index (χ3n) is 3.91. The molecule has 0 unspecified atom stereocenters. The molecule has 0 aliphatic rings. The zero-order valence-electron chi connectivity index (χ0n) is 13.6. The van der Waals surface area contributed by atoms with Gasteiger partial charge in [-0.15, -0.1) is 0 Å².